The monoisotopic (exact) mass is 438 g/mol. The van der Waals surface area contributed by atoms with E-state index >= 15 is 0 Å². The van der Waals surface area contributed by atoms with Crippen LogP contribution in [-0.2, 0) is 14.3 Å². The molecule has 32 heavy (non-hydrogen) atoms. The summed E-state index contributed by atoms with van der Waals surface area (Å²) < 4.78 is 6.76. The lowest BCUT2D eigenvalue weighted by molar-refractivity contribution is -0.140. The van der Waals surface area contributed by atoms with Crippen LogP contribution in [0.1, 0.15) is 24.2 Å². The van der Waals surface area contributed by atoms with Gasteiger partial charge < -0.3 is 26.4 Å². The molecule has 3 aromatic rings. The van der Waals surface area contributed by atoms with Crippen LogP contribution in [0.3, 0.4) is 0 Å². The number of carbonyl (C=O) groups excluding carboxylic acids is 3. The fourth-order valence-electron chi connectivity index (χ4n) is 3.13. The molecular formula is C22H26N6O4. The normalized spacial score (nSPS) is 10.6. The first-order chi connectivity index (χ1) is 15.4. The number of pyridine rings is 1. The topological polar surface area (TPSA) is 140 Å². The van der Waals surface area contributed by atoms with Gasteiger partial charge in [-0.1, -0.05) is 12.1 Å². The Balaban J connectivity index is 1.99. The van der Waals surface area contributed by atoms with Crippen molar-refractivity contribution < 1.29 is 19.1 Å². The highest BCUT2D eigenvalue weighted by Gasteiger charge is 2.17. The van der Waals surface area contributed by atoms with E-state index < -0.39 is 5.97 Å². The fraction of sp³-hybridized carbons (Fsp3) is 0.273. The number of imidazole rings is 1. The summed E-state index contributed by atoms with van der Waals surface area (Å²) in [5, 5.41) is 8.54. The lowest BCUT2D eigenvalue weighted by atomic mass is 10.1. The summed E-state index contributed by atoms with van der Waals surface area (Å²) in [5.74, 6) is -0.229. The SMILES string of the molecule is CCOC(=O)CNc1c(-c2ccc(NC(C)=O)cc2)nc2cc(C(=O)NCCN)ccn12. The Morgan fingerprint density at radius 1 is 1.16 bits per heavy atom. The van der Waals surface area contributed by atoms with Gasteiger partial charge in [-0.15, -0.1) is 0 Å². The number of aromatic nitrogens is 2. The molecule has 0 spiro atoms. The first-order valence-corrected chi connectivity index (χ1v) is 10.2. The van der Waals surface area contributed by atoms with Gasteiger partial charge in [0.05, 0.1) is 6.61 Å². The minimum Gasteiger partial charge on any atom is -0.465 e. The molecule has 0 radical (unpaired) electrons. The lowest BCUT2D eigenvalue weighted by Crippen LogP contribution is -2.29. The quantitative estimate of drug-likeness (QED) is 0.372. The number of anilines is 2. The Morgan fingerprint density at radius 2 is 1.91 bits per heavy atom. The Bertz CT molecular complexity index is 1120. The van der Waals surface area contributed by atoms with Gasteiger partial charge in [0, 0.05) is 43.0 Å². The molecule has 2 amide bonds. The van der Waals surface area contributed by atoms with Gasteiger partial charge in [0.1, 0.15) is 23.7 Å². The van der Waals surface area contributed by atoms with Crippen LogP contribution >= 0.6 is 0 Å². The van der Waals surface area contributed by atoms with Gasteiger partial charge in [0.15, 0.2) is 0 Å². The van der Waals surface area contributed by atoms with Gasteiger partial charge in [-0.25, -0.2) is 4.98 Å². The first-order valence-electron chi connectivity index (χ1n) is 10.2. The Hall–Kier alpha value is -3.92. The number of rotatable bonds is 9. The molecule has 0 saturated carbocycles. The fourth-order valence-corrected chi connectivity index (χ4v) is 3.13. The Labute approximate surface area is 185 Å². The average molecular weight is 438 g/mol. The third-order valence-corrected chi connectivity index (χ3v) is 4.50. The van der Waals surface area contributed by atoms with Crippen molar-refractivity contribution in [1.29, 1.82) is 0 Å². The predicted octanol–water partition coefficient (Wildman–Crippen LogP) is 1.62. The number of benzene rings is 1. The molecule has 0 aliphatic carbocycles. The van der Waals surface area contributed by atoms with E-state index in [0.29, 0.717) is 41.5 Å². The van der Waals surface area contributed by atoms with Gasteiger partial charge >= 0.3 is 5.97 Å². The van der Waals surface area contributed by atoms with E-state index in [2.05, 4.69) is 20.9 Å². The smallest absolute Gasteiger partial charge is 0.325 e. The van der Waals surface area contributed by atoms with Crippen LogP contribution in [0.25, 0.3) is 16.9 Å². The highest BCUT2D eigenvalue weighted by molar-refractivity contribution is 5.95. The summed E-state index contributed by atoms with van der Waals surface area (Å²) >= 11 is 0. The summed E-state index contributed by atoms with van der Waals surface area (Å²) in [4.78, 5) is 40.2. The molecule has 0 bridgehead atoms. The van der Waals surface area contributed by atoms with E-state index in [0.717, 1.165) is 5.56 Å². The number of esters is 1. The molecule has 10 nitrogen and oxygen atoms in total. The molecule has 1 aromatic carbocycles. The number of hydrogen-bond acceptors (Lipinski definition) is 7. The summed E-state index contributed by atoms with van der Waals surface area (Å²) in [7, 11) is 0. The Kier molecular flexibility index (Phi) is 7.40. The minimum atomic E-state index is -0.396. The van der Waals surface area contributed by atoms with Crippen molar-refractivity contribution in [2.45, 2.75) is 13.8 Å². The van der Waals surface area contributed by atoms with Gasteiger partial charge in [-0.2, -0.15) is 0 Å². The minimum absolute atomic E-state index is 0.0443. The van der Waals surface area contributed by atoms with Crippen LogP contribution in [0.4, 0.5) is 11.5 Å². The molecule has 0 aliphatic rings. The van der Waals surface area contributed by atoms with Crippen LogP contribution in [-0.4, -0.2) is 53.4 Å². The molecule has 0 fully saturated rings. The second kappa shape index (κ2) is 10.4. The predicted molar refractivity (Wildman–Crippen MR) is 121 cm³/mol. The zero-order chi connectivity index (χ0) is 23.1. The van der Waals surface area contributed by atoms with Crippen molar-refractivity contribution in [3.63, 3.8) is 0 Å². The van der Waals surface area contributed by atoms with Gasteiger partial charge in [0.25, 0.3) is 5.91 Å². The zero-order valence-electron chi connectivity index (χ0n) is 18.0. The molecule has 5 N–H and O–H groups in total. The van der Waals surface area contributed by atoms with Crippen molar-refractivity contribution in [2.75, 3.05) is 36.9 Å². The highest BCUT2D eigenvalue weighted by atomic mass is 16.5. The maximum atomic E-state index is 12.3. The highest BCUT2D eigenvalue weighted by Crippen LogP contribution is 2.30. The van der Waals surface area contributed by atoms with Crippen LogP contribution in [0.2, 0.25) is 0 Å². The maximum Gasteiger partial charge on any atom is 0.325 e. The molecule has 168 valence electrons. The number of nitrogens with one attached hydrogen (secondary N) is 3. The molecule has 3 rings (SSSR count). The summed E-state index contributed by atoms with van der Waals surface area (Å²) in [5.41, 5.74) is 8.43. The Morgan fingerprint density at radius 3 is 2.56 bits per heavy atom. The molecule has 2 aromatic heterocycles. The molecule has 0 saturated heterocycles. The first kappa shape index (κ1) is 22.8. The van der Waals surface area contributed by atoms with Gasteiger partial charge in [-0.05, 0) is 31.2 Å². The van der Waals surface area contributed by atoms with Crippen molar-refractivity contribution in [2.24, 2.45) is 5.73 Å². The van der Waals surface area contributed by atoms with Crippen LogP contribution in [0.5, 0.6) is 0 Å². The van der Waals surface area contributed by atoms with Crippen LogP contribution in [0.15, 0.2) is 42.6 Å². The number of amides is 2. The van der Waals surface area contributed by atoms with Crippen molar-refractivity contribution in [1.82, 2.24) is 14.7 Å². The summed E-state index contributed by atoms with van der Waals surface area (Å²) in [6.07, 6.45) is 1.71. The maximum absolute atomic E-state index is 12.3. The van der Waals surface area contributed by atoms with Gasteiger partial charge in [0.2, 0.25) is 5.91 Å². The van der Waals surface area contributed by atoms with Crippen LogP contribution in [0, 0.1) is 0 Å². The van der Waals surface area contributed by atoms with E-state index in [4.69, 9.17) is 10.5 Å². The van der Waals surface area contributed by atoms with E-state index in [-0.39, 0.29) is 25.0 Å². The molecule has 10 heteroatoms. The number of nitrogens with two attached hydrogens (primary N) is 1. The van der Waals surface area contributed by atoms with E-state index in [1.54, 1.807) is 41.8 Å². The molecule has 0 aliphatic heterocycles. The summed E-state index contributed by atoms with van der Waals surface area (Å²) in [6.45, 7) is 4.14. The number of nitrogens with zero attached hydrogens (tertiary/aromatic N) is 2. The van der Waals surface area contributed by atoms with Crippen molar-refractivity contribution in [3.8, 4) is 11.3 Å². The number of hydrogen-bond donors (Lipinski definition) is 4. The second-order valence-electron chi connectivity index (χ2n) is 6.91. The number of fused-ring (bicyclic) bond motifs is 1. The average Bonchev–Trinajstić information content (AvgIpc) is 3.14. The number of carbonyl (C=O) groups is 3. The van der Waals surface area contributed by atoms with Gasteiger partial charge in [-0.3, -0.25) is 18.8 Å². The number of ether oxygens (including phenoxy) is 1. The largest absolute Gasteiger partial charge is 0.465 e. The standard InChI is InChI=1S/C22H26N6O4/c1-3-32-19(30)13-25-21-20(15-4-6-17(7-5-15)26-14(2)29)27-18-12-16(8-11-28(18)21)22(31)24-10-9-23/h4-8,11-12,25H,3,9-10,13,23H2,1-2H3,(H,24,31)(H,26,29). The van der Waals surface area contributed by atoms with Crippen molar-refractivity contribution in [3.05, 3.63) is 48.2 Å². The molecule has 2 heterocycles. The molecular weight excluding hydrogens is 412 g/mol. The second-order valence-corrected chi connectivity index (χ2v) is 6.91. The van der Waals surface area contributed by atoms with E-state index in [9.17, 15) is 14.4 Å². The third-order valence-electron chi connectivity index (χ3n) is 4.50. The molecule has 0 atom stereocenters. The van der Waals surface area contributed by atoms with E-state index in [1.807, 2.05) is 12.1 Å². The third kappa shape index (κ3) is 5.41. The summed E-state index contributed by atoms with van der Waals surface area (Å²) in [6, 6.07) is 10.5. The lowest BCUT2D eigenvalue weighted by Gasteiger charge is -2.09. The van der Waals surface area contributed by atoms with E-state index in [1.165, 1.54) is 6.92 Å². The molecule has 0 unspecified atom stereocenters. The van der Waals surface area contributed by atoms with Crippen LogP contribution < -0.4 is 21.7 Å². The van der Waals surface area contributed by atoms with Crippen molar-refractivity contribution >= 4 is 34.9 Å². The zero-order valence-corrected chi connectivity index (χ0v) is 18.0.